The Morgan fingerprint density at radius 3 is 1.93 bits per heavy atom. The summed E-state index contributed by atoms with van der Waals surface area (Å²) in [5, 5.41) is 6.13. The van der Waals surface area contributed by atoms with Crippen LogP contribution in [0.15, 0.2) is 186 Å². The standard InChI is InChI=1S/C50H30BN3O/c1-4-15-31(16-5-1)45-28-32-27-43-40(30-46(32)55-45)51-48-39(37-24-14-23-36-35-21-10-13-26-42(35)54(51)49(36)37)29-44(47-38-22-11-12-25-41(38)53(43)50(47)48)52(33-17-6-2-7-18-33)34-19-8-3-9-20-34/h1-30H. The molecule has 0 bridgehead atoms. The number of para-hydroxylation sites is 5. The van der Waals surface area contributed by atoms with Crippen LogP contribution < -0.4 is 15.8 Å². The molecule has 0 aliphatic carbocycles. The van der Waals surface area contributed by atoms with Gasteiger partial charge in [-0.2, -0.15) is 0 Å². The maximum atomic E-state index is 6.73. The highest BCUT2D eigenvalue weighted by Crippen LogP contribution is 2.49. The van der Waals surface area contributed by atoms with E-state index in [4.69, 9.17) is 4.42 Å². The minimum atomic E-state index is -0.0766. The van der Waals surface area contributed by atoms with Crippen molar-refractivity contribution in [2.75, 3.05) is 4.90 Å². The molecule has 8 aromatic carbocycles. The molecule has 0 radical (unpaired) electrons. The maximum absolute atomic E-state index is 6.73. The molecule has 2 aliphatic rings. The summed E-state index contributed by atoms with van der Waals surface area (Å²) in [5.74, 6) is 0.880. The number of aromatic nitrogens is 2. The smallest absolute Gasteiger partial charge is 0.333 e. The fourth-order valence-electron chi connectivity index (χ4n) is 9.89. The Balaban J connectivity index is 1.25. The summed E-state index contributed by atoms with van der Waals surface area (Å²) in [6.45, 7) is -0.0766. The van der Waals surface area contributed by atoms with Gasteiger partial charge >= 0.3 is 6.85 Å². The number of hydrogen-bond donors (Lipinski definition) is 0. The lowest BCUT2D eigenvalue weighted by atomic mass is 9.45. The first-order valence-corrected chi connectivity index (χ1v) is 19.0. The number of fused-ring (bicyclic) bond motifs is 12. The number of nitrogens with zero attached hydrogens (tertiary/aromatic N) is 3. The van der Waals surface area contributed by atoms with Crippen LogP contribution in [0.25, 0.3) is 82.7 Å². The molecule has 0 atom stereocenters. The zero-order chi connectivity index (χ0) is 35.8. The average molecular weight is 700 g/mol. The lowest BCUT2D eigenvalue weighted by Crippen LogP contribution is -2.55. The second-order valence-corrected chi connectivity index (χ2v) is 14.9. The Morgan fingerprint density at radius 1 is 0.509 bits per heavy atom. The van der Waals surface area contributed by atoms with Gasteiger partial charge in [-0.05, 0) is 77.2 Å². The first-order chi connectivity index (χ1) is 27.3. The van der Waals surface area contributed by atoms with E-state index in [9.17, 15) is 0 Å². The molecule has 0 unspecified atom stereocenters. The Labute approximate surface area is 316 Å². The molecule has 5 heterocycles. The van der Waals surface area contributed by atoms with Crippen LogP contribution in [-0.2, 0) is 0 Å². The zero-order valence-electron chi connectivity index (χ0n) is 29.6. The van der Waals surface area contributed by atoms with Crippen LogP contribution in [0.2, 0.25) is 0 Å². The molecular weight excluding hydrogens is 669 g/mol. The molecule has 3 aromatic heterocycles. The molecule has 0 fully saturated rings. The molecule has 2 aliphatic heterocycles. The molecule has 5 heteroatoms. The number of benzene rings is 8. The number of anilines is 3. The molecule has 0 saturated heterocycles. The van der Waals surface area contributed by atoms with Crippen molar-refractivity contribution in [3.05, 3.63) is 182 Å². The van der Waals surface area contributed by atoms with Crippen LogP contribution >= 0.6 is 0 Å². The van der Waals surface area contributed by atoms with Gasteiger partial charge < -0.3 is 18.4 Å². The van der Waals surface area contributed by atoms with Crippen molar-refractivity contribution in [1.29, 1.82) is 0 Å². The SMILES string of the molecule is c1ccc(-c2cc3cc4c(cc3o2)B2c3c(cc(N(c5ccccc5)c5ccccc5)c5c6ccccc6n-4c35)-c3cccc4c5ccccc5n2c34)cc1. The lowest BCUT2D eigenvalue weighted by Gasteiger charge is -2.35. The molecule has 0 amide bonds. The van der Waals surface area contributed by atoms with Crippen molar-refractivity contribution in [1.82, 2.24) is 9.05 Å². The van der Waals surface area contributed by atoms with Crippen molar-refractivity contribution in [2.24, 2.45) is 0 Å². The third-order valence-corrected chi connectivity index (χ3v) is 12.0. The summed E-state index contributed by atoms with van der Waals surface area (Å²) in [6.07, 6.45) is 0. The summed E-state index contributed by atoms with van der Waals surface area (Å²) < 4.78 is 11.9. The lowest BCUT2D eigenvalue weighted by molar-refractivity contribution is 0.632. The largest absolute Gasteiger partial charge is 0.456 e. The van der Waals surface area contributed by atoms with Gasteiger partial charge in [0.2, 0.25) is 0 Å². The second-order valence-electron chi connectivity index (χ2n) is 14.9. The van der Waals surface area contributed by atoms with Gasteiger partial charge in [-0.3, -0.25) is 0 Å². The van der Waals surface area contributed by atoms with Crippen LogP contribution in [-0.4, -0.2) is 15.9 Å². The fourth-order valence-corrected chi connectivity index (χ4v) is 9.89. The topological polar surface area (TPSA) is 26.2 Å². The van der Waals surface area contributed by atoms with Gasteiger partial charge in [0.1, 0.15) is 11.3 Å². The van der Waals surface area contributed by atoms with Gasteiger partial charge in [-0.15, -0.1) is 0 Å². The summed E-state index contributed by atoms with van der Waals surface area (Å²) in [7, 11) is 0. The maximum Gasteiger partial charge on any atom is 0.333 e. The van der Waals surface area contributed by atoms with Crippen molar-refractivity contribution in [3.8, 4) is 28.1 Å². The monoisotopic (exact) mass is 699 g/mol. The van der Waals surface area contributed by atoms with E-state index in [0.29, 0.717) is 0 Å². The van der Waals surface area contributed by atoms with E-state index < -0.39 is 0 Å². The molecular formula is C50H30BN3O. The molecule has 4 nitrogen and oxygen atoms in total. The number of furan rings is 1. The fraction of sp³-hybridized carbons (Fsp3) is 0. The van der Waals surface area contributed by atoms with Crippen LogP contribution in [0, 0.1) is 0 Å². The minimum Gasteiger partial charge on any atom is -0.456 e. The van der Waals surface area contributed by atoms with Crippen LogP contribution in [0.1, 0.15) is 0 Å². The van der Waals surface area contributed by atoms with E-state index in [2.05, 4.69) is 196 Å². The van der Waals surface area contributed by atoms with Crippen molar-refractivity contribution < 1.29 is 4.42 Å². The van der Waals surface area contributed by atoms with Gasteiger partial charge in [-0.25, -0.2) is 0 Å². The highest BCUT2D eigenvalue weighted by molar-refractivity contribution is 6.90. The van der Waals surface area contributed by atoms with Crippen molar-refractivity contribution in [2.45, 2.75) is 0 Å². The van der Waals surface area contributed by atoms with Gasteiger partial charge in [0.15, 0.2) is 0 Å². The Hall–Kier alpha value is -7.24. The highest BCUT2D eigenvalue weighted by atomic mass is 16.3. The molecule has 11 aromatic rings. The molecule has 254 valence electrons. The number of rotatable bonds is 4. The molecule has 0 spiro atoms. The Bertz CT molecular complexity index is 3340. The quantitative estimate of drug-likeness (QED) is 0.171. The predicted octanol–water partition coefficient (Wildman–Crippen LogP) is 11.7. The van der Waals surface area contributed by atoms with E-state index in [1.54, 1.807) is 0 Å². The van der Waals surface area contributed by atoms with Gasteiger partial charge in [0.05, 0.1) is 16.7 Å². The van der Waals surface area contributed by atoms with Gasteiger partial charge in [0.25, 0.3) is 0 Å². The summed E-state index contributed by atoms with van der Waals surface area (Å²) in [6, 6.07) is 66.2. The molecule has 0 N–H and O–H groups in total. The summed E-state index contributed by atoms with van der Waals surface area (Å²) >= 11 is 0. The third kappa shape index (κ3) is 3.81. The van der Waals surface area contributed by atoms with Gasteiger partial charge in [-0.1, -0.05) is 121 Å². The van der Waals surface area contributed by atoms with E-state index in [0.717, 1.165) is 33.7 Å². The van der Waals surface area contributed by atoms with Crippen molar-refractivity contribution >= 4 is 89.4 Å². The van der Waals surface area contributed by atoms with E-state index in [1.807, 2.05) is 0 Å². The van der Waals surface area contributed by atoms with E-state index in [1.165, 1.54) is 77.0 Å². The Kier molecular flexibility index (Phi) is 5.68. The average Bonchev–Trinajstić information content (AvgIpc) is 3.93. The van der Waals surface area contributed by atoms with Gasteiger partial charge in [0, 0.05) is 66.2 Å². The normalized spacial score (nSPS) is 12.7. The first-order valence-electron chi connectivity index (χ1n) is 19.0. The zero-order valence-corrected chi connectivity index (χ0v) is 29.6. The van der Waals surface area contributed by atoms with E-state index in [-0.39, 0.29) is 6.85 Å². The first kappa shape index (κ1) is 29.2. The highest BCUT2D eigenvalue weighted by Gasteiger charge is 2.43. The Morgan fingerprint density at radius 2 is 1.16 bits per heavy atom. The van der Waals surface area contributed by atoms with Crippen LogP contribution in [0.4, 0.5) is 17.1 Å². The summed E-state index contributed by atoms with van der Waals surface area (Å²) in [5.41, 5.74) is 16.7. The van der Waals surface area contributed by atoms with Crippen molar-refractivity contribution in [3.63, 3.8) is 0 Å². The third-order valence-electron chi connectivity index (χ3n) is 12.0. The van der Waals surface area contributed by atoms with Crippen LogP contribution in [0.3, 0.4) is 0 Å². The second kappa shape index (κ2) is 10.7. The molecule has 0 saturated carbocycles. The minimum absolute atomic E-state index is 0.0766. The van der Waals surface area contributed by atoms with Crippen LogP contribution in [0.5, 0.6) is 0 Å². The predicted molar refractivity (Wildman–Crippen MR) is 230 cm³/mol. The summed E-state index contributed by atoms with van der Waals surface area (Å²) in [4.78, 5) is 2.45. The van der Waals surface area contributed by atoms with E-state index >= 15 is 0 Å². The molecule has 55 heavy (non-hydrogen) atoms. The molecule has 13 rings (SSSR count). The number of hydrogen-bond acceptors (Lipinski definition) is 2.